The molecule has 4 nitrogen and oxygen atoms in total. The van der Waals surface area contributed by atoms with Crippen LogP contribution in [0.25, 0.3) is 0 Å². The van der Waals surface area contributed by atoms with Crippen LogP contribution in [-0.2, 0) is 0 Å². The van der Waals surface area contributed by atoms with Gasteiger partial charge >= 0.3 is 0 Å². The molecule has 2 fully saturated rings. The zero-order valence-electron chi connectivity index (χ0n) is 13.6. The minimum atomic E-state index is 0.406. The molecule has 0 aromatic heterocycles. The summed E-state index contributed by atoms with van der Waals surface area (Å²) in [5.41, 5.74) is 6.45. The van der Waals surface area contributed by atoms with Crippen LogP contribution in [-0.4, -0.2) is 80.7 Å². The molecule has 0 radical (unpaired) electrons. The van der Waals surface area contributed by atoms with E-state index in [0.29, 0.717) is 6.04 Å². The van der Waals surface area contributed by atoms with Crippen molar-refractivity contribution in [2.75, 3.05) is 59.9 Å². The monoisotopic (exact) mass is 282 g/mol. The summed E-state index contributed by atoms with van der Waals surface area (Å²) in [6.45, 7) is 8.32. The molecule has 1 heterocycles. The third-order valence-corrected chi connectivity index (χ3v) is 5.05. The molecular weight excluding hydrogens is 248 g/mol. The van der Waals surface area contributed by atoms with Gasteiger partial charge in [0.15, 0.2) is 0 Å². The fourth-order valence-corrected chi connectivity index (χ4v) is 3.55. The Hall–Kier alpha value is -0.160. The average Bonchev–Trinajstić information content (AvgIpc) is 2.47. The summed E-state index contributed by atoms with van der Waals surface area (Å²) >= 11 is 0. The molecule has 20 heavy (non-hydrogen) atoms. The van der Waals surface area contributed by atoms with Crippen LogP contribution in [0.2, 0.25) is 0 Å². The van der Waals surface area contributed by atoms with Gasteiger partial charge in [0.1, 0.15) is 0 Å². The van der Waals surface area contributed by atoms with E-state index < -0.39 is 0 Å². The molecule has 1 unspecified atom stereocenters. The van der Waals surface area contributed by atoms with Gasteiger partial charge in [0.2, 0.25) is 0 Å². The molecule has 1 aliphatic carbocycles. The first kappa shape index (κ1) is 16.2. The van der Waals surface area contributed by atoms with Crippen molar-refractivity contribution in [1.82, 2.24) is 14.7 Å². The maximum Gasteiger partial charge on any atom is 0.0196 e. The van der Waals surface area contributed by atoms with Crippen molar-refractivity contribution < 1.29 is 0 Å². The molecule has 0 spiro atoms. The summed E-state index contributed by atoms with van der Waals surface area (Å²) in [7, 11) is 4.30. The molecular formula is C16H34N4. The summed E-state index contributed by atoms with van der Waals surface area (Å²) in [5.74, 6) is 0.788. The van der Waals surface area contributed by atoms with Crippen LogP contribution in [0.4, 0.5) is 0 Å². The smallest absolute Gasteiger partial charge is 0.0196 e. The quantitative estimate of drug-likeness (QED) is 0.791. The molecule has 1 atom stereocenters. The Bertz CT molecular complexity index is 255. The maximum atomic E-state index is 6.45. The molecule has 1 saturated heterocycles. The zero-order chi connectivity index (χ0) is 14.4. The van der Waals surface area contributed by atoms with Crippen LogP contribution in [0, 0.1) is 5.92 Å². The van der Waals surface area contributed by atoms with E-state index >= 15 is 0 Å². The van der Waals surface area contributed by atoms with Crippen LogP contribution in [0.1, 0.15) is 32.1 Å². The lowest BCUT2D eigenvalue weighted by atomic mass is 9.84. The molecule has 2 rings (SSSR count). The topological polar surface area (TPSA) is 35.7 Å². The zero-order valence-corrected chi connectivity index (χ0v) is 13.6. The van der Waals surface area contributed by atoms with Crippen LogP contribution in [0.5, 0.6) is 0 Å². The standard InChI is InChI=1S/C16H34N4/c1-18(2)8-9-19-10-12-20(13-11-19)14-16(17)15-6-4-3-5-7-15/h15-16H,3-14,17H2,1-2H3. The molecule has 1 aliphatic heterocycles. The van der Waals surface area contributed by atoms with Gasteiger partial charge in [-0.25, -0.2) is 0 Å². The van der Waals surface area contributed by atoms with E-state index in [9.17, 15) is 0 Å². The Morgan fingerprint density at radius 2 is 1.60 bits per heavy atom. The van der Waals surface area contributed by atoms with Crippen LogP contribution in [0.15, 0.2) is 0 Å². The Morgan fingerprint density at radius 1 is 1.00 bits per heavy atom. The predicted molar refractivity (Wildman–Crippen MR) is 86.0 cm³/mol. The van der Waals surface area contributed by atoms with Gasteiger partial charge < -0.3 is 10.6 Å². The third kappa shape index (κ3) is 5.32. The first-order valence-electron chi connectivity index (χ1n) is 8.50. The minimum absolute atomic E-state index is 0.406. The van der Waals surface area contributed by atoms with Crippen molar-refractivity contribution in [3.05, 3.63) is 0 Å². The van der Waals surface area contributed by atoms with Gasteiger partial charge in [-0.3, -0.25) is 9.80 Å². The number of hydrogen-bond donors (Lipinski definition) is 1. The lowest BCUT2D eigenvalue weighted by molar-refractivity contribution is 0.110. The summed E-state index contributed by atoms with van der Waals surface area (Å²) in [5, 5.41) is 0. The third-order valence-electron chi connectivity index (χ3n) is 5.05. The van der Waals surface area contributed by atoms with Gasteiger partial charge in [0.25, 0.3) is 0 Å². The normalized spacial score (nSPS) is 25.2. The highest BCUT2D eigenvalue weighted by Gasteiger charge is 2.24. The fraction of sp³-hybridized carbons (Fsp3) is 1.00. The largest absolute Gasteiger partial charge is 0.326 e. The number of rotatable bonds is 6. The van der Waals surface area contributed by atoms with Gasteiger partial charge in [0.05, 0.1) is 0 Å². The first-order chi connectivity index (χ1) is 9.65. The molecule has 1 saturated carbocycles. The molecule has 2 N–H and O–H groups in total. The Balaban J connectivity index is 1.63. The van der Waals surface area contributed by atoms with Crippen molar-refractivity contribution in [1.29, 1.82) is 0 Å². The van der Waals surface area contributed by atoms with E-state index in [2.05, 4.69) is 28.8 Å². The van der Waals surface area contributed by atoms with Crippen LogP contribution < -0.4 is 5.73 Å². The van der Waals surface area contributed by atoms with Crippen molar-refractivity contribution in [2.24, 2.45) is 11.7 Å². The van der Waals surface area contributed by atoms with Gasteiger partial charge in [0, 0.05) is 51.9 Å². The average molecular weight is 282 g/mol. The second kappa shape index (κ2) is 8.32. The Labute approximate surface area is 125 Å². The van der Waals surface area contributed by atoms with Gasteiger partial charge in [-0.15, -0.1) is 0 Å². The van der Waals surface area contributed by atoms with E-state index in [1.165, 1.54) is 71.4 Å². The van der Waals surface area contributed by atoms with E-state index in [-0.39, 0.29) is 0 Å². The lowest BCUT2D eigenvalue weighted by Gasteiger charge is -2.38. The van der Waals surface area contributed by atoms with Gasteiger partial charge in [-0.1, -0.05) is 19.3 Å². The van der Waals surface area contributed by atoms with E-state index in [1.54, 1.807) is 0 Å². The summed E-state index contributed by atoms with van der Waals surface area (Å²) in [6.07, 6.45) is 6.95. The van der Waals surface area contributed by atoms with Gasteiger partial charge in [-0.05, 0) is 32.9 Å². The molecule has 0 bridgehead atoms. The van der Waals surface area contributed by atoms with Crippen molar-refractivity contribution in [2.45, 2.75) is 38.1 Å². The number of nitrogens with two attached hydrogens (primary N) is 1. The molecule has 2 aliphatic rings. The number of hydrogen-bond acceptors (Lipinski definition) is 4. The predicted octanol–water partition coefficient (Wildman–Crippen LogP) is 1.07. The highest BCUT2D eigenvalue weighted by Crippen LogP contribution is 2.26. The van der Waals surface area contributed by atoms with Gasteiger partial charge in [-0.2, -0.15) is 0 Å². The van der Waals surface area contributed by atoms with Crippen molar-refractivity contribution >= 4 is 0 Å². The number of nitrogens with zero attached hydrogens (tertiary/aromatic N) is 3. The fourth-order valence-electron chi connectivity index (χ4n) is 3.55. The lowest BCUT2D eigenvalue weighted by Crippen LogP contribution is -2.52. The maximum absolute atomic E-state index is 6.45. The first-order valence-corrected chi connectivity index (χ1v) is 8.50. The van der Waals surface area contributed by atoms with Crippen molar-refractivity contribution in [3.63, 3.8) is 0 Å². The summed E-state index contributed by atoms with van der Waals surface area (Å²) in [6, 6.07) is 0.406. The van der Waals surface area contributed by atoms with E-state index in [0.717, 1.165) is 12.5 Å². The highest BCUT2D eigenvalue weighted by molar-refractivity contribution is 4.82. The number of likely N-dealkylation sites (N-methyl/N-ethyl adjacent to an activating group) is 1. The van der Waals surface area contributed by atoms with E-state index in [4.69, 9.17) is 5.73 Å². The van der Waals surface area contributed by atoms with Crippen molar-refractivity contribution in [3.8, 4) is 0 Å². The molecule has 4 heteroatoms. The SMILES string of the molecule is CN(C)CCN1CCN(CC(N)C2CCCCC2)CC1. The summed E-state index contributed by atoms with van der Waals surface area (Å²) in [4.78, 5) is 7.44. The Kier molecular flexibility index (Phi) is 6.75. The summed E-state index contributed by atoms with van der Waals surface area (Å²) < 4.78 is 0. The highest BCUT2D eigenvalue weighted by atomic mass is 15.3. The van der Waals surface area contributed by atoms with E-state index in [1.807, 2.05) is 0 Å². The molecule has 0 aromatic carbocycles. The second-order valence-electron chi connectivity index (χ2n) is 7.01. The van der Waals surface area contributed by atoms with Crippen LogP contribution in [0.3, 0.4) is 0 Å². The molecule has 0 amide bonds. The minimum Gasteiger partial charge on any atom is -0.326 e. The Morgan fingerprint density at radius 3 is 2.20 bits per heavy atom. The van der Waals surface area contributed by atoms with Crippen LogP contribution >= 0.6 is 0 Å². The molecule has 0 aromatic rings. The molecule has 118 valence electrons. The number of piperazine rings is 1. The second-order valence-corrected chi connectivity index (χ2v) is 7.01.